The van der Waals surface area contributed by atoms with Crippen molar-refractivity contribution in [3.63, 3.8) is 0 Å². The zero-order chi connectivity index (χ0) is 16.6. The maximum atomic E-state index is 10.6. The van der Waals surface area contributed by atoms with Crippen molar-refractivity contribution in [2.45, 2.75) is 25.1 Å². The molecule has 5 nitrogen and oxygen atoms in total. The summed E-state index contributed by atoms with van der Waals surface area (Å²) < 4.78 is 37.5. The van der Waals surface area contributed by atoms with Crippen LogP contribution in [-0.2, 0) is 4.79 Å². The number of piperidine rings is 1. The minimum atomic E-state index is -5.08. The average Bonchev–Trinajstić information content (AvgIpc) is 2.49. The van der Waals surface area contributed by atoms with Crippen LogP contribution in [0.15, 0.2) is 24.3 Å². The monoisotopic (exact) mass is 316 g/mol. The van der Waals surface area contributed by atoms with Crippen LogP contribution in [0.25, 0.3) is 0 Å². The first kappa shape index (κ1) is 17.8. The van der Waals surface area contributed by atoms with Crippen LogP contribution < -0.4 is 10.1 Å². The van der Waals surface area contributed by atoms with Crippen LogP contribution in [0, 0.1) is 11.3 Å². The number of nitrogens with one attached hydrogen (secondary N) is 1. The Labute approximate surface area is 125 Å². The summed E-state index contributed by atoms with van der Waals surface area (Å²) in [5, 5.41) is 19.1. The number of benzene rings is 1. The second kappa shape index (κ2) is 8.24. The topological polar surface area (TPSA) is 82.3 Å². The van der Waals surface area contributed by atoms with E-state index in [2.05, 4.69) is 11.4 Å². The number of hydrogen-bond acceptors (Lipinski definition) is 4. The molecule has 0 saturated carbocycles. The van der Waals surface area contributed by atoms with Gasteiger partial charge in [-0.05, 0) is 50.2 Å². The van der Waals surface area contributed by atoms with Gasteiger partial charge in [0.05, 0.1) is 11.6 Å². The predicted molar refractivity (Wildman–Crippen MR) is 71.4 cm³/mol. The molecule has 1 aromatic carbocycles. The van der Waals surface area contributed by atoms with Gasteiger partial charge in [-0.15, -0.1) is 0 Å². The Morgan fingerprint density at radius 2 is 1.77 bits per heavy atom. The third kappa shape index (κ3) is 6.45. The summed E-state index contributed by atoms with van der Waals surface area (Å²) in [7, 11) is 0. The van der Waals surface area contributed by atoms with Crippen LogP contribution >= 0.6 is 0 Å². The van der Waals surface area contributed by atoms with E-state index < -0.39 is 12.1 Å². The van der Waals surface area contributed by atoms with Gasteiger partial charge >= 0.3 is 12.1 Å². The number of carbonyl (C=O) groups is 1. The van der Waals surface area contributed by atoms with Crippen molar-refractivity contribution in [2.24, 2.45) is 0 Å². The van der Waals surface area contributed by atoms with Gasteiger partial charge in [-0.25, -0.2) is 4.79 Å². The van der Waals surface area contributed by atoms with Crippen molar-refractivity contribution in [1.82, 2.24) is 5.32 Å². The highest BCUT2D eigenvalue weighted by Crippen LogP contribution is 2.17. The maximum absolute atomic E-state index is 10.6. The third-order valence-electron chi connectivity index (χ3n) is 2.81. The molecule has 1 aliphatic rings. The van der Waals surface area contributed by atoms with Gasteiger partial charge in [-0.2, -0.15) is 18.4 Å². The van der Waals surface area contributed by atoms with E-state index in [-0.39, 0.29) is 0 Å². The van der Waals surface area contributed by atoms with E-state index in [0.29, 0.717) is 11.7 Å². The van der Waals surface area contributed by atoms with Crippen molar-refractivity contribution in [2.75, 3.05) is 13.1 Å². The molecule has 0 amide bonds. The Morgan fingerprint density at radius 3 is 2.18 bits per heavy atom. The van der Waals surface area contributed by atoms with Crippen molar-refractivity contribution in [1.29, 1.82) is 5.26 Å². The molecule has 0 bridgehead atoms. The van der Waals surface area contributed by atoms with Crippen LogP contribution in [0.3, 0.4) is 0 Å². The number of carboxylic acids is 1. The number of rotatable bonds is 2. The molecule has 8 heteroatoms. The second-order valence-electron chi connectivity index (χ2n) is 4.51. The molecule has 1 aromatic rings. The van der Waals surface area contributed by atoms with E-state index in [1.165, 1.54) is 0 Å². The maximum Gasteiger partial charge on any atom is 0.490 e. The smallest absolute Gasteiger partial charge is 0.490 e. The molecule has 22 heavy (non-hydrogen) atoms. The second-order valence-corrected chi connectivity index (χ2v) is 4.51. The van der Waals surface area contributed by atoms with E-state index in [1.807, 2.05) is 12.1 Å². The van der Waals surface area contributed by atoms with E-state index in [4.69, 9.17) is 19.9 Å². The molecule has 0 aliphatic carbocycles. The summed E-state index contributed by atoms with van der Waals surface area (Å²) >= 11 is 0. The SMILES string of the molecule is N#Cc1ccc(OC2CCNCC2)cc1.O=C(O)C(F)(F)F. The number of carboxylic acid groups (broad SMARTS) is 1. The van der Waals surface area contributed by atoms with Crippen molar-refractivity contribution in [3.8, 4) is 11.8 Å². The molecule has 1 aliphatic heterocycles. The third-order valence-corrected chi connectivity index (χ3v) is 2.81. The van der Waals surface area contributed by atoms with Crippen molar-refractivity contribution in [3.05, 3.63) is 29.8 Å². The van der Waals surface area contributed by atoms with Gasteiger partial charge in [0.1, 0.15) is 11.9 Å². The first-order valence-corrected chi connectivity index (χ1v) is 6.50. The lowest BCUT2D eigenvalue weighted by Gasteiger charge is -2.23. The van der Waals surface area contributed by atoms with Crippen molar-refractivity contribution >= 4 is 5.97 Å². The summed E-state index contributed by atoms with van der Waals surface area (Å²) in [5.41, 5.74) is 0.674. The largest absolute Gasteiger partial charge is 0.490 e. The summed E-state index contributed by atoms with van der Waals surface area (Å²) in [6, 6.07) is 9.39. The minimum absolute atomic E-state index is 0.319. The molecule has 2 N–H and O–H groups in total. The molecular weight excluding hydrogens is 301 g/mol. The normalized spacial score (nSPS) is 15.2. The molecule has 0 atom stereocenters. The first-order chi connectivity index (χ1) is 10.3. The standard InChI is InChI=1S/C12H14N2O.C2HF3O2/c13-9-10-1-3-11(4-2-10)15-12-5-7-14-8-6-12;3-2(4,5)1(6)7/h1-4,12,14H,5-8H2;(H,6,7). The van der Waals surface area contributed by atoms with Gasteiger partial charge in [-0.3, -0.25) is 0 Å². The van der Waals surface area contributed by atoms with Crippen LogP contribution in [-0.4, -0.2) is 36.4 Å². The summed E-state index contributed by atoms with van der Waals surface area (Å²) in [5.74, 6) is -1.89. The van der Waals surface area contributed by atoms with Gasteiger partial charge in [0.2, 0.25) is 0 Å². The summed E-state index contributed by atoms with van der Waals surface area (Å²) in [6.07, 6.45) is -2.65. The summed E-state index contributed by atoms with van der Waals surface area (Å²) in [6.45, 7) is 2.06. The minimum Gasteiger partial charge on any atom is -0.490 e. The lowest BCUT2D eigenvalue weighted by Crippen LogP contribution is -2.34. The zero-order valence-electron chi connectivity index (χ0n) is 11.6. The Bertz CT molecular complexity index is 518. The molecule has 0 aromatic heterocycles. The highest BCUT2D eigenvalue weighted by atomic mass is 19.4. The lowest BCUT2D eigenvalue weighted by atomic mass is 10.1. The number of alkyl halides is 3. The number of hydrogen-bond donors (Lipinski definition) is 2. The molecular formula is C14H15F3N2O3. The molecule has 120 valence electrons. The Hall–Kier alpha value is -2.27. The number of aliphatic carboxylic acids is 1. The van der Waals surface area contributed by atoms with Gasteiger partial charge < -0.3 is 15.2 Å². The quantitative estimate of drug-likeness (QED) is 0.875. The molecule has 1 heterocycles. The van der Waals surface area contributed by atoms with Crippen LogP contribution in [0.4, 0.5) is 13.2 Å². The highest BCUT2D eigenvalue weighted by Gasteiger charge is 2.38. The number of nitriles is 1. The Kier molecular flexibility index (Phi) is 6.66. The van der Waals surface area contributed by atoms with Crippen molar-refractivity contribution < 1.29 is 27.8 Å². The highest BCUT2D eigenvalue weighted by molar-refractivity contribution is 5.73. The van der Waals surface area contributed by atoms with Crippen LogP contribution in [0.1, 0.15) is 18.4 Å². The fraction of sp³-hybridized carbons (Fsp3) is 0.429. The number of ether oxygens (including phenoxy) is 1. The van der Waals surface area contributed by atoms with Gasteiger partial charge in [0, 0.05) is 0 Å². The van der Waals surface area contributed by atoms with Gasteiger partial charge in [0.15, 0.2) is 0 Å². The Balaban J connectivity index is 0.000000295. The lowest BCUT2D eigenvalue weighted by molar-refractivity contribution is -0.192. The molecule has 2 rings (SSSR count). The van der Waals surface area contributed by atoms with Gasteiger partial charge in [0.25, 0.3) is 0 Å². The van der Waals surface area contributed by atoms with Crippen LogP contribution in [0.5, 0.6) is 5.75 Å². The number of halogens is 3. The number of nitrogens with zero attached hydrogens (tertiary/aromatic N) is 1. The average molecular weight is 316 g/mol. The van der Waals surface area contributed by atoms with Crippen LogP contribution in [0.2, 0.25) is 0 Å². The fourth-order valence-electron chi connectivity index (χ4n) is 1.71. The van der Waals surface area contributed by atoms with E-state index in [0.717, 1.165) is 31.7 Å². The summed E-state index contributed by atoms with van der Waals surface area (Å²) in [4.78, 5) is 8.90. The van der Waals surface area contributed by atoms with E-state index in [1.54, 1.807) is 12.1 Å². The van der Waals surface area contributed by atoms with E-state index >= 15 is 0 Å². The molecule has 0 spiro atoms. The predicted octanol–water partition coefficient (Wildman–Crippen LogP) is 2.32. The Morgan fingerprint density at radius 1 is 1.27 bits per heavy atom. The molecule has 1 saturated heterocycles. The molecule has 1 fully saturated rings. The molecule has 0 unspecified atom stereocenters. The zero-order valence-corrected chi connectivity index (χ0v) is 11.6. The van der Waals surface area contributed by atoms with Gasteiger partial charge in [-0.1, -0.05) is 0 Å². The van der Waals surface area contributed by atoms with E-state index in [9.17, 15) is 13.2 Å². The first-order valence-electron chi connectivity index (χ1n) is 6.50. The fourth-order valence-corrected chi connectivity index (χ4v) is 1.71. The molecule has 0 radical (unpaired) electrons.